The van der Waals surface area contributed by atoms with Gasteiger partial charge < -0.3 is 11.1 Å². The fourth-order valence-electron chi connectivity index (χ4n) is 1.79. The SMILES string of the molecule is N#C/C(=C\c1ccc(Cl)cc1)C(=O)Nc1ccc(C(N)=O)cc1. The van der Waals surface area contributed by atoms with Crippen LogP contribution in [0.25, 0.3) is 6.08 Å². The van der Waals surface area contributed by atoms with Crippen LogP contribution in [0.15, 0.2) is 54.1 Å². The Balaban J connectivity index is 2.15. The van der Waals surface area contributed by atoms with Gasteiger partial charge in [0.05, 0.1) is 0 Å². The average Bonchev–Trinajstić information content (AvgIpc) is 2.54. The molecule has 6 heteroatoms. The van der Waals surface area contributed by atoms with Crippen LogP contribution in [0.2, 0.25) is 5.02 Å². The van der Waals surface area contributed by atoms with Gasteiger partial charge in [-0.1, -0.05) is 23.7 Å². The summed E-state index contributed by atoms with van der Waals surface area (Å²) in [5.74, 6) is -1.10. The Morgan fingerprint density at radius 1 is 1.09 bits per heavy atom. The number of nitriles is 1. The second-order valence-electron chi connectivity index (χ2n) is 4.62. The van der Waals surface area contributed by atoms with Gasteiger partial charge in [0.2, 0.25) is 5.91 Å². The predicted octanol–water partition coefficient (Wildman–Crippen LogP) is 2.98. The number of nitrogens with two attached hydrogens (primary N) is 1. The van der Waals surface area contributed by atoms with Crippen molar-refractivity contribution in [2.75, 3.05) is 5.32 Å². The summed E-state index contributed by atoms with van der Waals surface area (Å²) in [6.07, 6.45) is 1.46. The minimum Gasteiger partial charge on any atom is -0.366 e. The van der Waals surface area contributed by atoms with Crippen LogP contribution < -0.4 is 11.1 Å². The molecule has 0 heterocycles. The Hall–Kier alpha value is -3.10. The summed E-state index contributed by atoms with van der Waals surface area (Å²) in [5.41, 5.74) is 6.57. The van der Waals surface area contributed by atoms with E-state index in [-0.39, 0.29) is 5.57 Å². The molecule has 0 aliphatic heterocycles. The van der Waals surface area contributed by atoms with Crippen LogP contribution >= 0.6 is 11.6 Å². The van der Waals surface area contributed by atoms with Crippen LogP contribution in [-0.2, 0) is 4.79 Å². The molecule has 2 amide bonds. The smallest absolute Gasteiger partial charge is 0.266 e. The van der Waals surface area contributed by atoms with Gasteiger partial charge in [-0.3, -0.25) is 9.59 Å². The fraction of sp³-hybridized carbons (Fsp3) is 0. The zero-order valence-electron chi connectivity index (χ0n) is 11.9. The average molecular weight is 326 g/mol. The number of nitrogens with one attached hydrogen (secondary N) is 1. The van der Waals surface area contributed by atoms with Crippen molar-refractivity contribution in [3.8, 4) is 6.07 Å². The van der Waals surface area contributed by atoms with E-state index in [9.17, 15) is 9.59 Å². The van der Waals surface area contributed by atoms with Crippen molar-refractivity contribution in [3.05, 3.63) is 70.3 Å². The molecule has 2 aromatic carbocycles. The molecule has 0 saturated heterocycles. The molecular formula is C17H12ClN3O2. The van der Waals surface area contributed by atoms with Crippen molar-refractivity contribution in [3.63, 3.8) is 0 Å². The lowest BCUT2D eigenvalue weighted by molar-refractivity contribution is -0.112. The van der Waals surface area contributed by atoms with Crippen molar-refractivity contribution in [2.24, 2.45) is 5.73 Å². The summed E-state index contributed by atoms with van der Waals surface area (Å²) >= 11 is 5.79. The highest BCUT2D eigenvalue weighted by atomic mass is 35.5. The lowest BCUT2D eigenvalue weighted by atomic mass is 10.1. The van der Waals surface area contributed by atoms with E-state index in [1.165, 1.54) is 30.3 Å². The van der Waals surface area contributed by atoms with E-state index in [0.29, 0.717) is 21.8 Å². The summed E-state index contributed by atoms with van der Waals surface area (Å²) in [7, 11) is 0. The minimum atomic E-state index is -0.553. The maximum atomic E-state index is 12.1. The van der Waals surface area contributed by atoms with E-state index >= 15 is 0 Å². The Morgan fingerprint density at radius 2 is 1.70 bits per heavy atom. The van der Waals surface area contributed by atoms with Gasteiger partial charge in [-0.05, 0) is 48.0 Å². The summed E-state index contributed by atoms with van der Waals surface area (Å²) in [6.45, 7) is 0. The highest BCUT2D eigenvalue weighted by molar-refractivity contribution is 6.30. The van der Waals surface area contributed by atoms with Crippen molar-refractivity contribution >= 4 is 35.2 Å². The van der Waals surface area contributed by atoms with Crippen LogP contribution in [0.5, 0.6) is 0 Å². The quantitative estimate of drug-likeness (QED) is 0.668. The van der Waals surface area contributed by atoms with E-state index in [2.05, 4.69) is 5.32 Å². The summed E-state index contributed by atoms with van der Waals surface area (Å²) < 4.78 is 0. The molecule has 0 aromatic heterocycles. The van der Waals surface area contributed by atoms with Crippen molar-refractivity contribution < 1.29 is 9.59 Å². The van der Waals surface area contributed by atoms with Gasteiger partial charge in [-0.25, -0.2) is 0 Å². The van der Waals surface area contributed by atoms with Crippen LogP contribution in [-0.4, -0.2) is 11.8 Å². The number of anilines is 1. The summed E-state index contributed by atoms with van der Waals surface area (Å²) in [6, 6.07) is 14.7. The van der Waals surface area contributed by atoms with E-state index in [0.717, 1.165) is 0 Å². The molecule has 114 valence electrons. The monoisotopic (exact) mass is 325 g/mol. The first-order valence-electron chi connectivity index (χ1n) is 6.58. The number of carbonyl (C=O) groups is 2. The van der Waals surface area contributed by atoms with Gasteiger partial charge in [0.25, 0.3) is 5.91 Å². The largest absolute Gasteiger partial charge is 0.366 e. The molecule has 0 fully saturated rings. The number of primary amides is 1. The number of carbonyl (C=O) groups excluding carboxylic acids is 2. The lowest BCUT2D eigenvalue weighted by Crippen LogP contribution is -2.14. The molecule has 0 aliphatic carbocycles. The molecule has 23 heavy (non-hydrogen) atoms. The number of amides is 2. The molecule has 0 unspecified atom stereocenters. The van der Waals surface area contributed by atoms with Crippen LogP contribution in [0.1, 0.15) is 15.9 Å². The maximum Gasteiger partial charge on any atom is 0.266 e. The summed E-state index contributed by atoms with van der Waals surface area (Å²) in [4.78, 5) is 23.1. The van der Waals surface area contributed by atoms with Crippen LogP contribution in [0, 0.1) is 11.3 Å². The number of benzene rings is 2. The Bertz CT molecular complexity index is 803. The molecule has 0 spiro atoms. The van der Waals surface area contributed by atoms with Gasteiger partial charge in [-0.15, -0.1) is 0 Å². The zero-order chi connectivity index (χ0) is 16.8. The first-order chi connectivity index (χ1) is 11.0. The third-order valence-electron chi connectivity index (χ3n) is 2.97. The molecule has 0 bridgehead atoms. The molecule has 5 nitrogen and oxygen atoms in total. The van der Waals surface area contributed by atoms with Gasteiger partial charge in [0.15, 0.2) is 0 Å². The van der Waals surface area contributed by atoms with E-state index in [1.807, 2.05) is 6.07 Å². The molecule has 0 aliphatic rings. The Kier molecular flexibility index (Phi) is 5.13. The molecule has 2 rings (SSSR count). The molecule has 2 aromatic rings. The molecular weight excluding hydrogens is 314 g/mol. The first kappa shape index (κ1) is 16.3. The van der Waals surface area contributed by atoms with Crippen molar-refractivity contribution in [1.29, 1.82) is 5.26 Å². The normalized spacial score (nSPS) is 10.7. The highest BCUT2D eigenvalue weighted by Crippen LogP contribution is 2.14. The zero-order valence-corrected chi connectivity index (χ0v) is 12.7. The predicted molar refractivity (Wildman–Crippen MR) is 88.6 cm³/mol. The van der Waals surface area contributed by atoms with Gasteiger partial charge in [-0.2, -0.15) is 5.26 Å². The third-order valence-corrected chi connectivity index (χ3v) is 3.23. The van der Waals surface area contributed by atoms with E-state index in [1.54, 1.807) is 24.3 Å². The highest BCUT2D eigenvalue weighted by Gasteiger charge is 2.10. The van der Waals surface area contributed by atoms with Crippen molar-refractivity contribution in [2.45, 2.75) is 0 Å². The Labute approximate surface area is 138 Å². The van der Waals surface area contributed by atoms with E-state index < -0.39 is 11.8 Å². The second kappa shape index (κ2) is 7.25. The Morgan fingerprint density at radius 3 is 2.22 bits per heavy atom. The molecule has 3 N–H and O–H groups in total. The maximum absolute atomic E-state index is 12.1. The third kappa shape index (κ3) is 4.43. The van der Waals surface area contributed by atoms with E-state index in [4.69, 9.17) is 22.6 Å². The first-order valence-corrected chi connectivity index (χ1v) is 6.96. The lowest BCUT2D eigenvalue weighted by Gasteiger charge is -2.05. The number of nitrogens with zero attached hydrogens (tertiary/aromatic N) is 1. The summed E-state index contributed by atoms with van der Waals surface area (Å²) in [5, 5.41) is 12.3. The van der Waals surface area contributed by atoms with Crippen molar-refractivity contribution in [1.82, 2.24) is 0 Å². The number of hydrogen-bond acceptors (Lipinski definition) is 3. The molecule has 0 saturated carbocycles. The van der Waals surface area contributed by atoms with Crippen LogP contribution in [0.4, 0.5) is 5.69 Å². The fourth-order valence-corrected chi connectivity index (χ4v) is 1.92. The standard InChI is InChI=1S/C17H12ClN3O2/c18-14-5-1-11(2-6-14)9-13(10-19)17(23)21-15-7-3-12(4-8-15)16(20)22/h1-9H,(H2,20,22)(H,21,23)/b13-9+. The molecule has 0 atom stereocenters. The topological polar surface area (TPSA) is 96.0 Å². The number of rotatable bonds is 4. The van der Waals surface area contributed by atoms with Gasteiger partial charge in [0.1, 0.15) is 11.6 Å². The minimum absolute atomic E-state index is 0.0497. The number of hydrogen-bond donors (Lipinski definition) is 2. The van der Waals surface area contributed by atoms with Gasteiger partial charge in [0, 0.05) is 16.3 Å². The molecule has 0 radical (unpaired) electrons. The van der Waals surface area contributed by atoms with Crippen LogP contribution in [0.3, 0.4) is 0 Å². The van der Waals surface area contributed by atoms with Gasteiger partial charge >= 0.3 is 0 Å². The second-order valence-corrected chi connectivity index (χ2v) is 5.05. The number of halogens is 1.